The highest BCUT2D eigenvalue weighted by Gasteiger charge is 2.33. The Bertz CT molecular complexity index is 1640. The summed E-state index contributed by atoms with van der Waals surface area (Å²) in [6.45, 7) is 5.30. The number of ether oxygens (including phenoxy) is 2. The zero-order chi connectivity index (χ0) is 28.9. The Morgan fingerprint density at radius 2 is 1.46 bits per heavy atom. The first-order valence-corrected chi connectivity index (χ1v) is 13.7. The fraction of sp³-hybridized carbons (Fsp3) is 0.273. The summed E-state index contributed by atoms with van der Waals surface area (Å²) >= 11 is 0. The normalized spacial score (nSPS) is 12.8. The van der Waals surface area contributed by atoms with Gasteiger partial charge in [0.2, 0.25) is 6.41 Å². The second kappa shape index (κ2) is 12.4. The maximum absolute atomic E-state index is 13.1. The van der Waals surface area contributed by atoms with Gasteiger partial charge in [-0.1, -0.05) is 54.6 Å². The molecule has 41 heavy (non-hydrogen) atoms. The van der Waals surface area contributed by atoms with Crippen molar-refractivity contribution in [3.63, 3.8) is 0 Å². The molecule has 0 unspecified atom stereocenters. The van der Waals surface area contributed by atoms with Crippen molar-refractivity contribution in [1.82, 2.24) is 9.80 Å². The highest BCUT2D eigenvalue weighted by molar-refractivity contribution is 6.26. The summed E-state index contributed by atoms with van der Waals surface area (Å²) in [5.74, 6) is -0.960. The van der Waals surface area contributed by atoms with Crippen molar-refractivity contribution in [3.8, 4) is 0 Å². The minimum Gasteiger partial charge on any atom is -0.380 e. The van der Waals surface area contributed by atoms with Crippen LogP contribution in [0.1, 0.15) is 48.6 Å². The average molecular weight is 553 g/mol. The third kappa shape index (κ3) is 5.62. The molecular formula is C33H32N2O6. The fourth-order valence-corrected chi connectivity index (χ4v) is 5.36. The number of rotatable bonds is 12. The monoisotopic (exact) mass is 552 g/mol. The Balaban J connectivity index is 1.05. The van der Waals surface area contributed by atoms with Crippen LogP contribution < -0.4 is 0 Å². The molecule has 0 N–H and O–H groups in total. The van der Waals surface area contributed by atoms with Crippen molar-refractivity contribution in [1.29, 1.82) is 0 Å². The number of carbonyl (C=O) groups excluding carboxylic acids is 4. The summed E-state index contributed by atoms with van der Waals surface area (Å²) in [6.07, 6.45) is 1.12. The quantitative estimate of drug-likeness (QED) is 0.141. The Hall–Kier alpha value is -4.40. The molecule has 0 radical (unpaired) electrons. The predicted molar refractivity (Wildman–Crippen MR) is 156 cm³/mol. The number of nitrogens with zero attached hydrogens (tertiary/aromatic N) is 2. The van der Waals surface area contributed by atoms with E-state index in [0.717, 1.165) is 37.6 Å². The van der Waals surface area contributed by atoms with Gasteiger partial charge in [-0.05, 0) is 59.7 Å². The van der Waals surface area contributed by atoms with Gasteiger partial charge in [0, 0.05) is 29.7 Å². The van der Waals surface area contributed by atoms with Crippen LogP contribution in [0.15, 0.2) is 66.7 Å². The van der Waals surface area contributed by atoms with Crippen LogP contribution in [-0.4, -0.2) is 73.4 Å². The van der Waals surface area contributed by atoms with Crippen molar-refractivity contribution in [2.75, 3.05) is 39.5 Å². The van der Waals surface area contributed by atoms with Crippen molar-refractivity contribution in [2.45, 2.75) is 20.3 Å². The largest absolute Gasteiger partial charge is 0.380 e. The number of imide groups is 2. The lowest BCUT2D eigenvalue weighted by Gasteiger charge is -2.28. The van der Waals surface area contributed by atoms with Gasteiger partial charge in [-0.2, -0.15) is 0 Å². The minimum absolute atomic E-state index is 0.137. The summed E-state index contributed by atoms with van der Waals surface area (Å²) < 4.78 is 11.3. The van der Waals surface area contributed by atoms with Crippen molar-refractivity contribution in [3.05, 3.63) is 94.5 Å². The first kappa shape index (κ1) is 28.1. The van der Waals surface area contributed by atoms with Crippen LogP contribution in [0.25, 0.3) is 21.5 Å². The van der Waals surface area contributed by atoms with E-state index >= 15 is 0 Å². The number of fused-ring (bicyclic) bond motifs is 1. The van der Waals surface area contributed by atoms with Gasteiger partial charge in [-0.25, -0.2) is 0 Å². The Morgan fingerprint density at radius 3 is 2.22 bits per heavy atom. The first-order valence-electron chi connectivity index (χ1n) is 13.7. The van der Waals surface area contributed by atoms with Crippen molar-refractivity contribution < 1.29 is 28.7 Å². The third-order valence-electron chi connectivity index (χ3n) is 7.43. The zero-order valence-electron chi connectivity index (χ0n) is 23.2. The molecule has 0 saturated heterocycles. The van der Waals surface area contributed by atoms with E-state index in [1.165, 1.54) is 4.90 Å². The average Bonchev–Trinajstić information content (AvgIpc) is 2.98. The van der Waals surface area contributed by atoms with E-state index in [9.17, 15) is 19.2 Å². The molecule has 1 heterocycles. The van der Waals surface area contributed by atoms with Crippen LogP contribution >= 0.6 is 0 Å². The first-order chi connectivity index (χ1) is 19.9. The number of aryl methyl sites for hydroxylation is 2. The van der Waals surface area contributed by atoms with E-state index in [2.05, 4.69) is 0 Å². The number of benzene rings is 4. The molecule has 4 amide bonds. The van der Waals surface area contributed by atoms with Crippen LogP contribution in [0.2, 0.25) is 0 Å². The molecule has 0 fully saturated rings. The molecule has 1 aliphatic heterocycles. The summed E-state index contributed by atoms with van der Waals surface area (Å²) in [4.78, 5) is 53.3. The topological polar surface area (TPSA) is 93.2 Å². The smallest absolute Gasteiger partial charge is 0.261 e. The lowest BCUT2D eigenvalue weighted by Crippen LogP contribution is -2.42. The van der Waals surface area contributed by atoms with E-state index in [4.69, 9.17) is 9.47 Å². The van der Waals surface area contributed by atoms with Gasteiger partial charge in [0.05, 0.1) is 31.9 Å². The van der Waals surface area contributed by atoms with Gasteiger partial charge >= 0.3 is 0 Å². The van der Waals surface area contributed by atoms with E-state index in [1.54, 1.807) is 12.1 Å². The molecule has 8 nitrogen and oxygen atoms in total. The van der Waals surface area contributed by atoms with Crippen LogP contribution in [0, 0.1) is 13.8 Å². The molecule has 210 valence electrons. The zero-order valence-corrected chi connectivity index (χ0v) is 23.2. The fourth-order valence-electron chi connectivity index (χ4n) is 5.36. The van der Waals surface area contributed by atoms with E-state index in [-0.39, 0.29) is 44.0 Å². The lowest BCUT2D eigenvalue weighted by atomic mass is 9.91. The molecule has 4 aromatic carbocycles. The maximum atomic E-state index is 13.1. The molecular weight excluding hydrogens is 520 g/mol. The molecule has 0 spiro atoms. The predicted octanol–water partition coefficient (Wildman–Crippen LogP) is 4.93. The second-order valence-electron chi connectivity index (χ2n) is 10.1. The highest BCUT2D eigenvalue weighted by atomic mass is 16.5. The van der Waals surface area contributed by atoms with Crippen LogP contribution in [0.3, 0.4) is 0 Å². The number of hydrogen-bond acceptors (Lipinski definition) is 6. The van der Waals surface area contributed by atoms with Crippen LogP contribution in [0.5, 0.6) is 0 Å². The third-order valence-corrected chi connectivity index (χ3v) is 7.43. The maximum Gasteiger partial charge on any atom is 0.261 e. The Morgan fingerprint density at radius 1 is 0.780 bits per heavy atom. The van der Waals surface area contributed by atoms with Gasteiger partial charge in [0.15, 0.2) is 0 Å². The summed E-state index contributed by atoms with van der Waals surface area (Å²) in [7, 11) is 0. The number of carbonyl (C=O) groups is 4. The van der Waals surface area contributed by atoms with E-state index in [0.29, 0.717) is 42.7 Å². The second-order valence-corrected chi connectivity index (χ2v) is 10.1. The van der Waals surface area contributed by atoms with Crippen molar-refractivity contribution in [2.24, 2.45) is 0 Å². The lowest BCUT2D eigenvalue weighted by molar-refractivity contribution is -0.116. The van der Waals surface area contributed by atoms with Gasteiger partial charge < -0.3 is 9.47 Å². The molecule has 5 rings (SSSR count). The van der Waals surface area contributed by atoms with E-state index in [1.807, 2.05) is 68.4 Å². The molecule has 8 heteroatoms. The Labute approximate surface area is 238 Å². The molecule has 0 atom stereocenters. The van der Waals surface area contributed by atoms with Gasteiger partial charge in [-0.15, -0.1) is 0 Å². The highest BCUT2D eigenvalue weighted by Crippen LogP contribution is 2.32. The van der Waals surface area contributed by atoms with Gasteiger partial charge in [0.1, 0.15) is 0 Å². The molecule has 1 aliphatic rings. The van der Waals surface area contributed by atoms with Crippen molar-refractivity contribution >= 4 is 45.7 Å². The summed E-state index contributed by atoms with van der Waals surface area (Å²) in [5.41, 5.74) is 3.41. The molecule has 0 aromatic heterocycles. The molecule has 0 aliphatic carbocycles. The standard InChI is InChI=1S/C33H32N2O6/c1-22-7-3-8-24-9-4-11-26(28(22)24)31(37)34(21-36)15-19-40-17-6-18-41-20-16-35-32(38)27-12-5-10-25-14-13-23(2)29(30(25)27)33(35)39/h3-5,7-14,21H,6,15-20H2,1-2H3. The molecule has 0 bridgehead atoms. The summed E-state index contributed by atoms with van der Waals surface area (Å²) in [5, 5.41) is 3.39. The van der Waals surface area contributed by atoms with Crippen LogP contribution in [0.4, 0.5) is 0 Å². The molecule has 0 saturated carbocycles. The Kier molecular flexibility index (Phi) is 8.52. The molecule has 4 aromatic rings. The van der Waals surface area contributed by atoms with Gasteiger partial charge in [0.25, 0.3) is 17.7 Å². The SMILES string of the molecule is Cc1ccc2cccc3c2c1C(=O)N(CCOCCCOCCN(C=O)C(=O)c1cccc2cccc(C)c12)C3=O. The van der Waals surface area contributed by atoms with Gasteiger partial charge in [-0.3, -0.25) is 29.0 Å². The number of hydrogen-bond donors (Lipinski definition) is 0. The van der Waals surface area contributed by atoms with Crippen LogP contribution in [-0.2, 0) is 14.3 Å². The number of amides is 4. The minimum atomic E-state index is -0.359. The summed E-state index contributed by atoms with van der Waals surface area (Å²) in [6, 6.07) is 20.6. The van der Waals surface area contributed by atoms with E-state index < -0.39 is 0 Å².